The molecule has 0 bridgehead atoms. The van der Waals surface area contributed by atoms with Gasteiger partial charge >= 0.3 is 0 Å². The number of carbonyl (C=O) groups excluding carboxylic acids is 1. The van der Waals surface area contributed by atoms with Gasteiger partial charge in [0.2, 0.25) is 0 Å². The zero-order valence-electron chi connectivity index (χ0n) is 12.9. The van der Waals surface area contributed by atoms with Gasteiger partial charge in [0.25, 0.3) is 5.91 Å². The zero-order chi connectivity index (χ0) is 15.5. The smallest absolute Gasteiger partial charge is 0.251 e. The Balaban J connectivity index is 1.74. The van der Waals surface area contributed by atoms with E-state index in [2.05, 4.69) is 27.6 Å². The van der Waals surface area contributed by atoms with Crippen molar-refractivity contribution >= 4 is 5.91 Å². The van der Waals surface area contributed by atoms with E-state index in [9.17, 15) is 4.79 Å². The number of carbonyl (C=O) groups is 1. The van der Waals surface area contributed by atoms with E-state index < -0.39 is 0 Å². The Kier molecular flexibility index (Phi) is 4.20. The summed E-state index contributed by atoms with van der Waals surface area (Å²) >= 11 is 0. The number of hydrogen-bond donors (Lipinski definition) is 2. The number of aromatic nitrogens is 3. The minimum absolute atomic E-state index is 0.0196. The highest BCUT2D eigenvalue weighted by Gasteiger charge is 2.23. The molecule has 1 fully saturated rings. The third-order valence-corrected chi connectivity index (χ3v) is 4.27. The molecule has 1 aromatic heterocycles. The maximum Gasteiger partial charge on any atom is 0.251 e. The summed E-state index contributed by atoms with van der Waals surface area (Å²) in [6, 6.07) is 5.83. The first-order chi connectivity index (χ1) is 10.6. The van der Waals surface area contributed by atoms with Crippen molar-refractivity contribution in [3.63, 3.8) is 0 Å². The van der Waals surface area contributed by atoms with Crippen LogP contribution in [0.25, 0.3) is 5.69 Å². The number of rotatable bonds is 3. The van der Waals surface area contributed by atoms with Crippen LogP contribution in [-0.4, -0.2) is 39.8 Å². The minimum atomic E-state index is -0.0196. The number of aryl methyl sites for hydroxylation is 1. The first kappa shape index (κ1) is 14.7. The molecule has 2 unspecified atom stereocenters. The highest BCUT2D eigenvalue weighted by atomic mass is 16.1. The van der Waals surface area contributed by atoms with Gasteiger partial charge in [0.05, 0.1) is 5.69 Å². The molecule has 0 saturated carbocycles. The summed E-state index contributed by atoms with van der Waals surface area (Å²) in [7, 11) is 0. The molecule has 1 saturated heterocycles. The van der Waals surface area contributed by atoms with E-state index in [1.54, 1.807) is 11.0 Å². The Morgan fingerprint density at radius 3 is 3.00 bits per heavy atom. The van der Waals surface area contributed by atoms with E-state index in [1.807, 2.05) is 25.1 Å². The van der Waals surface area contributed by atoms with Crippen molar-refractivity contribution in [1.29, 1.82) is 0 Å². The van der Waals surface area contributed by atoms with Crippen LogP contribution in [0.2, 0.25) is 0 Å². The minimum Gasteiger partial charge on any atom is -0.348 e. The molecule has 116 valence electrons. The normalized spacial score (nSPS) is 21.5. The molecular formula is C16H21N5O. The maximum absolute atomic E-state index is 12.4. The molecule has 2 N–H and O–H groups in total. The largest absolute Gasteiger partial charge is 0.348 e. The maximum atomic E-state index is 12.4. The van der Waals surface area contributed by atoms with Crippen LogP contribution in [-0.2, 0) is 0 Å². The fourth-order valence-corrected chi connectivity index (χ4v) is 2.82. The van der Waals surface area contributed by atoms with Crippen molar-refractivity contribution < 1.29 is 4.79 Å². The molecule has 2 atom stereocenters. The molecular weight excluding hydrogens is 278 g/mol. The van der Waals surface area contributed by atoms with E-state index in [0.717, 1.165) is 30.8 Å². The number of nitrogens with one attached hydrogen (secondary N) is 2. The summed E-state index contributed by atoms with van der Waals surface area (Å²) in [5.74, 6) is 0.481. The molecule has 1 aliphatic heterocycles. The third-order valence-electron chi connectivity index (χ3n) is 4.27. The Morgan fingerprint density at radius 2 is 2.32 bits per heavy atom. The van der Waals surface area contributed by atoms with Gasteiger partial charge in [-0.1, -0.05) is 6.92 Å². The molecule has 0 radical (unpaired) electrons. The number of nitrogens with zero attached hydrogens (tertiary/aromatic N) is 3. The van der Waals surface area contributed by atoms with Crippen molar-refractivity contribution in [2.24, 2.45) is 5.92 Å². The van der Waals surface area contributed by atoms with Crippen LogP contribution in [0, 0.1) is 12.8 Å². The Hall–Kier alpha value is -2.21. The third kappa shape index (κ3) is 3.01. The number of benzene rings is 1. The van der Waals surface area contributed by atoms with Gasteiger partial charge in [-0.3, -0.25) is 4.79 Å². The molecule has 1 aliphatic rings. The number of amides is 1. The summed E-state index contributed by atoms with van der Waals surface area (Å²) in [5, 5.41) is 10.6. The molecule has 1 aromatic carbocycles. The molecule has 6 nitrogen and oxygen atoms in total. The second-order valence-corrected chi connectivity index (χ2v) is 5.89. The van der Waals surface area contributed by atoms with E-state index in [-0.39, 0.29) is 11.9 Å². The van der Waals surface area contributed by atoms with Gasteiger partial charge in [0, 0.05) is 18.2 Å². The van der Waals surface area contributed by atoms with Crippen molar-refractivity contribution in [3.8, 4) is 5.69 Å². The quantitative estimate of drug-likeness (QED) is 0.896. The van der Waals surface area contributed by atoms with Crippen LogP contribution in [0.15, 0.2) is 30.9 Å². The standard InChI is InChI=1S/C16H21N5O/c1-11-5-6-17-8-14(11)20-16(22)13-3-4-15(12(2)7-13)21-10-18-9-19-21/h3-4,7,9-11,14,17H,5-6,8H2,1-2H3,(H,20,22). The lowest BCUT2D eigenvalue weighted by Gasteiger charge is -2.30. The molecule has 3 rings (SSSR count). The Morgan fingerprint density at radius 1 is 1.45 bits per heavy atom. The van der Waals surface area contributed by atoms with Crippen molar-refractivity contribution in [3.05, 3.63) is 42.0 Å². The summed E-state index contributed by atoms with van der Waals surface area (Å²) in [4.78, 5) is 16.4. The molecule has 0 aliphatic carbocycles. The monoisotopic (exact) mass is 299 g/mol. The first-order valence-corrected chi connectivity index (χ1v) is 7.62. The van der Waals surface area contributed by atoms with E-state index >= 15 is 0 Å². The number of piperidine rings is 1. The van der Waals surface area contributed by atoms with Gasteiger partial charge in [-0.2, -0.15) is 5.10 Å². The van der Waals surface area contributed by atoms with E-state index in [0.29, 0.717) is 11.5 Å². The van der Waals surface area contributed by atoms with Crippen molar-refractivity contribution in [2.75, 3.05) is 13.1 Å². The van der Waals surface area contributed by atoms with Crippen molar-refractivity contribution in [1.82, 2.24) is 25.4 Å². The topological polar surface area (TPSA) is 71.8 Å². The van der Waals surface area contributed by atoms with Crippen LogP contribution in [0.3, 0.4) is 0 Å². The van der Waals surface area contributed by atoms with Gasteiger partial charge in [-0.15, -0.1) is 0 Å². The number of hydrogen-bond acceptors (Lipinski definition) is 4. The average molecular weight is 299 g/mol. The van der Waals surface area contributed by atoms with Crippen LogP contribution >= 0.6 is 0 Å². The molecule has 0 spiro atoms. The average Bonchev–Trinajstić information content (AvgIpc) is 3.03. The summed E-state index contributed by atoms with van der Waals surface area (Å²) in [6.07, 6.45) is 4.24. The fraction of sp³-hybridized carbons (Fsp3) is 0.438. The van der Waals surface area contributed by atoms with Crippen LogP contribution in [0.4, 0.5) is 0 Å². The highest BCUT2D eigenvalue weighted by molar-refractivity contribution is 5.94. The Labute approximate surface area is 129 Å². The fourth-order valence-electron chi connectivity index (χ4n) is 2.82. The lowest BCUT2D eigenvalue weighted by molar-refractivity contribution is 0.0915. The lowest BCUT2D eigenvalue weighted by Crippen LogP contribution is -2.50. The molecule has 1 amide bonds. The van der Waals surface area contributed by atoms with Gasteiger partial charge in [-0.05, 0) is 49.6 Å². The lowest BCUT2D eigenvalue weighted by atomic mass is 9.94. The summed E-state index contributed by atoms with van der Waals surface area (Å²) in [5.41, 5.74) is 2.61. The van der Waals surface area contributed by atoms with Gasteiger partial charge < -0.3 is 10.6 Å². The predicted molar refractivity (Wildman–Crippen MR) is 84.0 cm³/mol. The SMILES string of the molecule is Cc1cc(C(=O)NC2CNCCC2C)ccc1-n1cncn1. The van der Waals surface area contributed by atoms with Crippen LogP contribution < -0.4 is 10.6 Å². The highest BCUT2D eigenvalue weighted by Crippen LogP contribution is 2.16. The molecule has 22 heavy (non-hydrogen) atoms. The summed E-state index contributed by atoms with van der Waals surface area (Å²) < 4.78 is 1.70. The Bertz CT molecular complexity index is 653. The van der Waals surface area contributed by atoms with Gasteiger partial charge in [-0.25, -0.2) is 9.67 Å². The van der Waals surface area contributed by atoms with Crippen LogP contribution in [0.5, 0.6) is 0 Å². The van der Waals surface area contributed by atoms with Crippen molar-refractivity contribution in [2.45, 2.75) is 26.3 Å². The molecule has 2 heterocycles. The van der Waals surface area contributed by atoms with Gasteiger partial charge in [0.1, 0.15) is 12.7 Å². The predicted octanol–water partition coefficient (Wildman–Crippen LogP) is 1.30. The second kappa shape index (κ2) is 6.27. The van der Waals surface area contributed by atoms with Gasteiger partial charge in [0.15, 0.2) is 0 Å². The zero-order valence-corrected chi connectivity index (χ0v) is 12.9. The first-order valence-electron chi connectivity index (χ1n) is 7.62. The molecule has 2 aromatic rings. The van der Waals surface area contributed by atoms with E-state index in [1.165, 1.54) is 6.33 Å². The molecule has 6 heteroatoms. The van der Waals surface area contributed by atoms with Crippen LogP contribution in [0.1, 0.15) is 29.3 Å². The summed E-state index contributed by atoms with van der Waals surface area (Å²) in [6.45, 7) is 6.02. The van der Waals surface area contributed by atoms with E-state index in [4.69, 9.17) is 0 Å². The second-order valence-electron chi connectivity index (χ2n) is 5.89.